The quantitative estimate of drug-likeness (QED) is 0.453. The van der Waals surface area contributed by atoms with Crippen LogP contribution in [-0.2, 0) is 36.1 Å². The van der Waals surface area contributed by atoms with Crippen molar-refractivity contribution < 1.29 is 46.3 Å². The largest absolute Gasteiger partial charge is 0.541 e. The molecule has 0 aromatic heterocycles. The Morgan fingerprint density at radius 2 is 1.06 bits per heavy atom. The molecule has 0 spiro atoms. The molecular weight excluding hydrogens is 272 g/mol. The van der Waals surface area contributed by atoms with E-state index in [4.69, 9.17) is 10.2 Å². The molecule has 0 heterocycles. The van der Waals surface area contributed by atoms with Crippen molar-refractivity contribution in [2.45, 2.75) is 53.8 Å². The van der Waals surface area contributed by atoms with Gasteiger partial charge in [0.25, 0.3) is 0 Å². The summed E-state index contributed by atoms with van der Waals surface area (Å²) in [6.45, 7) is 9.27. The van der Waals surface area contributed by atoms with E-state index in [2.05, 4.69) is 0 Å². The van der Waals surface area contributed by atoms with Gasteiger partial charge in [-0.2, -0.15) is 0 Å². The van der Waals surface area contributed by atoms with Gasteiger partial charge in [-0.3, -0.25) is 0 Å². The van der Waals surface area contributed by atoms with Crippen LogP contribution in [0.2, 0.25) is 0 Å². The van der Waals surface area contributed by atoms with Gasteiger partial charge in [0.05, 0.1) is 0 Å². The van der Waals surface area contributed by atoms with Gasteiger partial charge in [-0.15, -0.1) is 0 Å². The van der Waals surface area contributed by atoms with Crippen molar-refractivity contribution in [3.63, 3.8) is 0 Å². The fraction of sp³-hybridized carbons (Fsp3) is 0.750. The van der Waals surface area contributed by atoms with Crippen molar-refractivity contribution in [2.75, 3.05) is 0 Å². The molecule has 0 saturated heterocycles. The predicted molar refractivity (Wildman–Crippen MR) is 65.3 cm³/mol. The zero-order valence-electron chi connectivity index (χ0n) is 11.9. The molecule has 2 N–H and O–H groups in total. The first-order chi connectivity index (χ1) is 7.56. The van der Waals surface area contributed by atoms with Gasteiger partial charge in [0.2, 0.25) is 0 Å². The van der Waals surface area contributed by atoms with Crippen LogP contribution in [0, 0.1) is 5.92 Å². The number of carbonyl (C=O) groups is 2. The molecule has 0 aliphatic rings. The van der Waals surface area contributed by atoms with Gasteiger partial charge < -0.3 is 24.6 Å². The third-order valence-corrected chi connectivity index (χ3v) is 0.931. The first-order valence-electron chi connectivity index (χ1n) is 5.30. The summed E-state index contributed by atoms with van der Waals surface area (Å²) in [5.41, 5.74) is 0. The second-order valence-corrected chi connectivity index (χ2v) is 3.96. The molecule has 0 aromatic carbocycles. The number of hydrogen-bond donors (Lipinski definition) is 2. The van der Waals surface area contributed by atoms with E-state index in [1.54, 1.807) is 27.7 Å². The summed E-state index contributed by atoms with van der Waals surface area (Å²) >= 11 is 0. The minimum Gasteiger partial charge on any atom is -0.541 e. The minimum atomic E-state index is -1.16. The van der Waals surface area contributed by atoms with E-state index in [1.807, 2.05) is 0 Å². The number of Topliss-reactive ketones (excluding diaryl/α,β-unsaturated/α-hetero) is 2. The summed E-state index contributed by atoms with van der Waals surface area (Å²) in [4.78, 5) is 30.5. The number of hydrogen-bond acceptors (Lipinski definition) is 5. The summed E-state index contributed by atoms with van der Waals surface area (Å²) in [7, 11) is 0. The number of carbonyl (C=O) groups excluding carboxylic acids is 3. The van der Waals surface area contributed by atoms with Gasteiger partial charge in [-0.1, -0.05) is 0 Å². The van der Waals surface area contributed by atoms with Crippen LogP contribution in [-0.4, -0.2) is 40.3 Å². The molecule has 5 nitrogen and oxygen atoms in total. The van der Waals surface area contributed by atoms with Crippen molar-refractivity contribution in [3.8, 4) is 0 Å². The molecule has 0 rings (SSSR count). The van der Waals surface area contributed by atoms with E-state index >= 15 is 0 Å². The van der Waals surface area contributed by atoms with Crippen LogP contribution in [0.25, 0.3) is 0 Å². The maximum absolute atomic E-state index is 10.3. The molecule has 0 aliphatic carbocycles. The third-order valence-electron chi connectivity index (χ3n) is 0.931. The van der Waals surface area contributed by atoms with Gasteiger partial charge in [-0.25, -0.2) is 6.29 Å². The SMILES string of the molecule is CC(=O)C([C-]=O)C(C)=O.CC(C)O.CC(C)O.[Ti]. The topological polar surface area (TPSA) is 91.7 Å². The molecule has 0 radical (unpaired) electrons. The van der Waals surface area contributed by atoms with Gasteiger partial charge >= 0.3 is 0 Å². The Morgan fingerprint density at radius 3 is 1.06 bits per heavy atom. The maximum atomic E-state index is 10.3. The molecule has 106 valence electrons. The summed E-state index contributed by atoms with van der Waals surface area (Å²) in [6.07, 6.45) is 1.02. The molecule has 0 atom stereocenters. The van der Waals surface area contributed by atoms with E-state index in [9.17, 15) is 14.4 Å². The second kappa shape index (κ2) is 16.6. The van der Waals surface area contributed by atoms with Crippen LogP contribution in [0.4, 0.5) is 0 Å². The molecule has 6 heteroatoms. The number of aliphatic hydroxyl groups is 2. The van der Waals surface area contributed by atoms with Gasteiger partial charge in [0, 0.05) is 33.9 Å². The normalized spacial score (nSPS) is 8.61. The maximum Gasteiger partial charge on any atom is 0.113 e. The standard InChI is InChI=1S/C6H7O3.2C3H8O.Ti/c1-4(8)6(3-7)5(2)9;2*1-3(2)4;/h6H,1-2H3;2*3-4H,1-2H3;/q-1;;;. The Morgan fingerprint density at radius 1 is 0.889 bits per heavy atom. The fourth-order valence-corrected chi connectivity index (χ4v) is 0.452. The molecular formula is C12H23O5Ti-. The molecule has 0 unspecified atom stereocenters. The Labute approximate surface area is 124 Å². The zero-order chi connectivity index (χ0) is 14.6. The molecule has 0 bridgehead atoms. The van der Waals surface area contributed by atoms with Gasteiger partial charge in [0.15, 0.2) is 0 Å². The van der Waals surface area contributed by atoms with Crippen molar-refractivity contribution in [3.05, 3.63) is 0 Å². The fourth-order valence-electron chi connectivity index (χ4n) is 0.452. The smallest absolute Gasteiger partial charge is 0.113 e. The Bertz CT molecular complexity index is 201. The van der Waals surface area contributed by atoms with Crippen molar-refractivity contribution in [1.82, 2.24) is 0 Å². The van der Waals surface area contributed by atoms with Crippen molar-refractivity contribution in [1.29, 1.82) is 0 Å². The summed E-state index contributed by atoms with van der Waals surface area (Å²) < 4.78 is 0. The first-order valence-corrected chi connectivity index (χ1v) is 5.30. The number of aliphatic hydroxyl groups excluding tert-OH is 2. The Balaban J connectivity index is -0.0000000922. The van der Waals surface area contributed by atoms with Crippen molar-refractivity contribution >= 4 is 17.9 Å². The zero-order valence-corrected chi connectivity index (χ0v) is 13.4. The van der Waals surface area contributed by atoms with Crippen molar-refractivity contribution in [2.24, 2.45) is 5.92 Å². The summed E-state index contributed by atoms with van der Waals surface area (Å²) in [6, 6.07) is 0. The number of ketones is 2. The molecule has 0 fully saturated rings. The third kappa shape index (κ3) is 36.1. The van der Waals surface area contributed by atoms with Crippen LogP contribution in [0.15, 0.2) is 0 Å². The van der Waals surface area contributed by atoms with E-state index in [0.29, 0.717) is 0 Å². The van der Waals surface area contributed by atoms with E-state index < -0.39 is 17.5 Å². The average molecular weight is 295 g/mol. The predicted octanol–water partition coefficient (Wildman–Crippen LogP) is 0.662. The minimum absolute atomic E-state index is 0. The van der Waals surface area contributed by atoms with Crippen LogP contribution in [0.1, 0.15) is 41.5 Å². The molecule has 18 heavy (non-hydrogen) atoms. The van der Waals surface area contributed by atoms with Gasteiger partial charge in [-0.05, 0) is 47.5 Å². The van der Waals surface area contributed by atoms with Crippen LogP contribution in [0.5, 0.6) is 0 Å². The van der Waals surface area contributed by atoms with E-state index in [0.717, 1.165) is 0 Å². The van der Waals surface area contributed by atoms with E-state index in [1.165, 1.54) is 20.1 Å². The van der Waals surface area contributed by atoms with Crippen LogP contribution < -0.4 is 0 Å². The molecule has 0 aliphatic heterocycles. The van der Waals surface area contributed by atoms with Gasteiger partial charge in [0.1, 0.15) is 11.6 Å². The monoisotopic (exact) mass is 295 g/mol. The molecule has 0 saturated carbocycles. The molecule has 0 amide bonds. The summed E-state index contributed by atoms with van der Waals surface area (Å²) in [5.74, 6) is -2.06. The summed E-state index contributed by atoms with van der Waals surface area (Å²) in [5, 5.41) is 16.1. The van der Waals surface area contributed by atoms with E-state index in [-0.39, 0.29) is 33.9 Å². The Kier molecular flexibility index (Phi) is 24.3. The second-order valence-electron chi connectivity index (χ2n) is 3.96. The first kappa shape index (κ1) is 26.3. The Hall–Kier alpha value is -0.356. The average Bonchev–Trinajstić information content (AvgIpc) is 2.00. The van der Waals surface area contributed by atoms with Crippen LogP contribution >= 0.6 is 0 Å². The molecule has 0 aromatic rings. The number of rotatable bonds is 3. The van der Waals surface area contributed by atoms with Crippen LogP contribution in [0.3, 0.4) is 0 Å².